The Labute approximate surface area is 130 Å². The number of likely N-dealkylation sites (tertiary alicyclic amines) is 1. The number of aromatic nitrogens is 3. The SMILES string of the molecule is Cc1cn[nH]c1C[C@@H]1CCCN(C(=O)Cc2cccnc2)C1. The largest absolute Gasteiger partial charge is 0.342 e. The highest BCUT2D eigenvalue weighted by Crippen LogP contribution is 2.22. The van der Waals surface area contributed by atoms with Crippen LogP contribution in [-0.2, 0) is 17.6 Å². The Morgan fingerprint density at radius 1 is 1.45 bits per heavy atom. The Hall–Kier alpha value is -2.17. The number of piperidine rings is 1. The summed E-state index contributed by atoms with van der Waals surface area (Å²) in [5.41, 5.74) is 3.39. The number of carbonyl (C=O) groups excluding carboxylic acids is 1. The fraction of sp³-hybridized carbons (Fsp3) is 0.471. The van der Waals surface area contributed by atoms with Crippen molar-refractivity contribution in [2.75, 3.05) is 13.1 Å². The first-order chi connectivity index (χ1) is 10.7. The van der Waals surface area contributed by atoms with Gasteiger partial charge < -0.3 is 4.90 Å². The van der Waals surface area contributed by atoms with Gasteiger partial charge in [0.05, 0.1) is 12.6 Å². The van der Waals surface area contributed by atoms with E-state index >= 15 is 0 Å². The average Bonchev–Trinajstić information content (AvgIpc) is 2.94. The fourth-order valence-corrected chi connectivity index (χ4v) is 3.12. The number of H-pyrrole nitrogens is 1. The van der Waals surface area contributed by atoms with Gasteiger partial charge in [-0.2, -0.15) is 5.10 Å². The van der Waals surface area contributed by atoms with Crippen LogP contribution in [0.4, 0.5) is 0 Å². The van der Waals surface area contributed by atoms with Crippen LogP contribution in [0.1, 0.15) is 29.7 Å². The molecule has 116 valence electrons. The summed E-state index contributed by atoms with van der Waals surface area (Å²) in [5, 5.41) is 7.16. The van der Waals surface area contributed by atoms with E-state index in [-0.39, 0.29) is 5.91 Å². The maximum absolute atomic E-state index is 12.5. The molecule has 2 aromatic heterocycles. The second-order valence-corrected chi connectivity index (χ2v) is 6.12. The molecule has 0 spiro atoms. The van der Waals surface area contributed by atoms with Crippen molar-refractivity contribution in [3.8, 4) is 0 Å². The van der Waals surface area contributed by atoms with Gasteiger partial charge >= 0.3 is 0 Å². The summed E-state index contributed by atoms with van der Waals surface area (Å²) >= 11 is 0. The molecule has 3 heterocycles. The number of nitrogens with zero attached hydrogens (tertiary/aromatic N) is 3. The maximum Gasteiger partial charge on any atom is 0.227 e. The molecule has 2 aromatic rings. The van der Waals surface area contributed by atoms with Crippen LogP contribution < -0.4 is 0 Å². The quantitative estimate of drug-likeness (QED) is 0.940. The Morgan fingerprint density at radius 2 is 2.36 bits per heavy atom. The lowest BCUT2D eigenvalue weighted by Crippen LogP contribution is -2.41. The van der Waals surface area contributed by atoms with E-state index in [0.717, 1.165) is 31.5 Å². The predicted molar refractivity (Wildman–Crippen MR) is 84.3 cm³/mol. The van der Waals surface area contributed by atoms with Crippen LogP contribution >= 0.6 is 0 Å². The highest BCUT2D eigenvalue weighted by molar-refractivity contribution is 5.78. The van der Waals surface area contributed by atoms with Gasteiger partial charge in [-0.3, -0.25) is 14.9 Å². The number of hydrogen-bond acceptors (Lipinski definition) is 3. The zero-order chi connectivity index (χ0) is 15.4. The Kier molecular flexibility index (Phi) is 4.51. The van der Waals surface area contributed by atoms with Crippen molar-refractivity contribution in [1.82, 2.24) is 20.1 Å². The highest BCUT2D eigenvalue weighted by atomic mass is 16.2. The Morgan fingerprint density at radius 3 is 3.09 bits per heavy atom. The van der Waals surface area contributed by atoms with Crippen molar-refractivity contribution < 1.29 is 4.79 Å². The molecule has 0 radical (unpaired) electrons. The van der Waals surface area contributed by atoms with Gasteiger partial charge in [0.15, 0.2) is 0 Å². The molecule has 0 unspecified atom stereocenters. The molecule has 1 saturated heterocycles. The number of aryl methyl sites for hydroxylation is 1. The lowest BCUT2D eigenvalue weighted by Gasteiger charge is -2.33. The minimum absolute atomic E-state index is 0.207. The number of hydrogen-bond donors (Lipinski definition) is 1. The van der Waals surface area contributed by atoms with Crippen molar-refractivity contribution in [3.63, 3.8) is 0 Å². The molecule has 1 aliphatic heterocycles. The topological polar surface area (TPSA) is 61.9 Å². The molecule has 0 saturated carbocycles. The number of rotatable bonds is 4. The molecule has 0 aliphatic carbocycles. The molecule has 1 amide bonds. The summed E-state index contributed by atoms with van der Waals surface area (Å²) in [6.07, 6.45) is 9.05. The van der Waals surface area contributed by atoms with Gasteiger partial charge in [-0.05, 0) is 49.3 Å². The van der Waals surface area contributed by atoms with Gasteiger partial charge in [0.2, 0.25) is 5.91 Å². The number of carbonyl (C=O) groups is 1. The van der Waals surface area contributed by atoms with Crippen LogP contribution in [0.5, 0.6) is 0 Å². The molecule has 0 aromatic carbocycles. The molecule has 1 aliphatic rings. The van der Waals surface area contributed by atoms with E-state index in [0.29, 0.717) is 12.3 Å². The zero-order valence-electron chi connectivity index (χ0n) is 13.0. The normalized spacial score (nSPS) is 18.4. The molecule has 3 rings (SSSR count). The van der Waals surface area contributed by atoms with Gasteiger partial charge in [-0.1, -0.05) is 6.07 Å². The molecular formula is C17H22N4O. The van der Waals surface area contributed by atoms with Crippen molar-refractivity contribution in [2.45, 2.75) is 32.6 Å². The number of nitrogens with one attached hydrogen (secondary N) is 1. The second kappa shape index (κ2) is 6.73. The van der Waals surface area contributed by atoms with E-state index in [1.165, 1.54) is 17.7 Å². The zero-order valence-corrected chi connectivity index (χ0v) is 13.0. The minimum Gasteiger partial charge on any atom is -0.342 e. The lowest BCUT2D eigenvalue weighted by molar-refractivity contribution is -0.132. The third kappa shape index (κ3) is 3.53. The van der Waals surface area contributed by atoms with Crippen molar-refractivity contribution in [2.24, 2.45) is 5.92 Å². The summed E-state index contributed by atoms with van der Waals surface area (Å²) in [6, 6.07) is 3.84. The highest BCUT2D eigenvalue weighted by Gasteiger charge is 2.24. The van der Waals surface area contributed by atoms with Gasteiger partial charge in [0.25, 0.3) is 0 Å². The predicted octanol–water partition coefficient (Wildman–Crippen LogP) is 2.14. The minimum atomic E-state index is 0.207. The molecular weight excluding hydrogens is 276 g/mol. The monoisotopic (exact) mass is 298 g/mol. The van der Waals surface area contributed by atoms with E-state index in [9.17, 15) is 4.79 Å². The number of pyridine rings is 1. The fourth-order valence-electron chi connectivity index (χ4n) is 3.12. The maximum atomic E-state index is 12.5. The van der Waals surface area contributed by atoms with E-state index in [4.69, 9.17) is 0 Å². The molecule has 5 nitrogen and oxygen atoms in total. The first-order valence-corrected chi connectivity index (χ1v) is 7.88. The van der Waals surface area contributed by atoms with Crippen LogP contribution in [0.15, 0.2) is 30.7 Å². The lowest BCUT2D eigenvalue weighted by atomic mass is 9.92. The molecule has 0 bridgehead atoms. The molecule has 1 atom stereocenters. The van der Waals surface area contributed by atoms with Crippen LogP contribution in [0.25, 0.3) is 0 Å². The Balaban J connectivity index is 1.58. The van der Waals surface area contributed by atoms with E-state index in [1.807, 2.05) is 23.2 Å². The third-order valence-electron chi connectivity index (χ3n) is 4.38. The summed E-state index contributed by atoms with van der Waals surface area (Å²) in [4.78, 5) is 18.5. The molecule has 1 fully saturated rings. The van der Waals surface area contributed by atoms with Crippen molar-refractivity contribution >= 4 is 5.91 Å². The number of amides is 1. The van der Waals surface area contributed by atoms with Crippen molar-refractivity contribution in [1.29, 1.82) is 0 Å². The van der Waals surface area contributed by atoms with Gasteiger partial charge in [0.1, 0.15) is 0 Å². The number of aromatic amines is 1. The van der Waals surface area contributed by atoms with E-state index < -0.39 is 0 Å². The molecule has 22 heavy (non-hydrogen) atoms. The summed E-state index contributed by atoms with van der Waals surface area (Å²) in [6.45, 7) is 3.79. The summed E-state index contributed by atoms with van der Waals surface area (Å²) in [7, 11) is 0. The van der Waals surface area contributed by atoms with E-state index in [2.05, 4.69) is 22.1 Å². The first-order valence-electron chi connectivity index (χ1n) is 7.88. The summed E-state index contributed by atoms with van der Waals surface area (Å²) in [5.74, 6) is 0.727. The summed E-state index contributed by atoms with van der Waals surface area (Å²) < 4.78 is 0. The first kappa shape index (κ1) is 14.8. The molecule has 1 N–H and O–H groups in total. The smallest absolute Gasteiger partial charge is 0.227 e. The Bertz CT molecular complexity index is 623. The van der Waals surface area contributed by atoms with Crippen molar-refractivity contribution in [3.05, 3.63) is 47.5 Å². The standard InChI is InChI=1S/C17H22N4O/c1-13-10-19-20-16(13)8-15-5-3-7-21(12-15)17(22)9-14-4-2-6-18-11-14/h2,4,6,10-11,15H,3,5,7-9,12H2,1H3,(H,19,20)/t15-/m0/s1. The van der Waals surface area contributed by atoms with Gasteiger partial charge in [0, 0.05) is 31.2 Å². The average molecular weight is 298 g/mol. The van der Waals surface area contributed by atoms with Gasteiger partial charge in [-0.25, -0.2) is 0 Å². The van der Waals surface area contributed by atoms with Crippen LogP contribution in [0, 0.1) is 12.8 Å². The third-order valence-corrected chi connectivity index (χ3v) is 4.38. The molecule has 5 heteroatoms. The second-order valence-electron chi connectivity index (χ2n) is 6.12. The van der Waals surface area contributed by atoms with Crippen LogP contribution in [0.3, 0.4) is 0 Å². The van der Waals surface area contributed by atoms with Crippen LogP contribution in [0.2, 0.25) is 0 Å². The van der Waals surface area contributed by atoms with E-state index in [1.54, 1.807) is 12.4 Å². The van der Waals surface area contributed by atoms with Crippen LogP contribution in [-0.4, -0.2) is 39.1 Å². The van der Waals surface area contributed by atoms with Gasteiger partial charge in [-0.15, -0.1) is 0 Å².